The zero-order valence-corrected chi connectivity index (χ0v) is 12.9. The molecule has 1 aromatic carbocycles. The number of hydrogen-bond donors (Lipinski definition) is 2. The molecule has 0 spiro atoms. The Balaban J connectivity index is 1.82. The van der Waals surface area contributed by atoms with Gasteiger partial charge in [0.25, 0.3) is 5.56 Å². The number of nitrogens with zero attached hydrogens (tertiary/aromatic N) is 2. The standard InChI is InChI=1S/C18H14N4O2/c1-24-13-5-6-15-11(9-13)8-12(20-15)10-14-17(21-22-18(14)23)16-4-2-3-7-19-16/h2-10H,1H3,(H2,21,22,23)/b12-10+. The fourth-order valence-electron chi connectivity index (χ4n) is 2.65. The maximum Gasteiger partial charge on any atom is 0.271 e. The fraction of sp³-hybridized carbons (Fsp3) is 0.0556. The molecule has 0 atom stereocenters. The van der Waals surface area contributed by atoms with E-state index in [4.69, 9.17) is 4.74 Å². The highest BCUT2D eigenvalue weighted by Crippen LogP contribution is 2.19. The Labute approximate surface area is 136 Å². The molecule has 2 aromatic heterocycles. The average molecular weight is 318 g/mol. The van der Waals surface area contributed by atoms with E-state index in [1.807, 2.05) is 42.5 Å². The second-order valence-electron chi connectivity index (χ2n) is 5.33. The van der Waals surface area contributed by atoms with Crippen LogP contribution in [0.2, 0.25) is 0 Å². The van der Waals surface area contributed by atoms with Gasteiger partial charge in [0.15, 0.2) is 0 Å². The molecule has 2 N–H and O–H groups in total. The lowest BCUT2D eigenvalue weighted by atomic mass is 10.1. The van der Waals surface area contributed by atoms with E-state index < -0.39 is 0 Å². The number of fused-ring (bicyclic) bond motifs is 1. The van der Waals surface area contributed by atoms with Crippen molar-refractivity contribution in [3.8, 4) is 17.1 Å². The zero-order valence-electron chi connectivity index (χ0n) is 12.9. The van der Waals surface area contributed by atoms with Crippen molar-refractivity contribution in [2.24, 2.45) is 4.99 Å². The van der Waals surface area contributed by atoms with Gasteiger partial charge in [0, 0.05) is 11.4 Å². The highest BCUT2D eigenvalue weighted by Gasteiger charge is 2.12. The van der Waals surface area contributed by atoms with E-state index >= 15 is 0 Å². The van der Waals surface area contributed by atoms with Gasteiger partial charge in [-0.15, -0.1) is 0 Å². The van der Waals surface area contributed by atoms with Crippen molar-refractivity contribution in [1.82, 2.24) is 15.2 Å². The third-order valence-electron chi connectivity index (χ3n) is 3.82. The van der Waals surface area contributed by atoms with Crippen molar-refractivity contribution in [3.05, 3.63) is 74.8 Å². The first kappa shape index (κ1) is 14.2. The first-order valence-electron chi connectivity index (χ1n) is 7.43. The Morgan fingerprint density at radius 2 is 2.08 bits per heavy atom. The number of rotatable bonds is 3. The van der Waals surface area contributed by atoms with Crippen LogP contribution in [0.5, 0.6) is 5.75 Å². The number of aromatic amines is 2. The zero-order chi connectivity index (χ0) is 16.5. The van der Waals surface area contributed by atoms with Gasteiger partial charge in [0.2, 0.25) is 0 Å². The number of ether oxygens (including phenoxy) is 1. The molecule has 4 rings (SSSR count). The molecule has 1 aliphatic rings. The number of nitrogens with one attached hydrogen (secondary N) is 2. The number of benzene rings is 1. The Bertz CT molecular complexity index is 1110. The van der Waals surface area contributed by atoms with E-state index in [1.54, 1.807) is 19.4 Å². The molecule has 24 heavy (non-hydrogen) atoms. The SMILES string of the molecule is COc1ccc2c(c1)=C/C(=C\c1c(-c3ccccn3)[nH][nH]c1=O)N=2. The van der Waals surface area contributed by atoms with Crippen molar-refractivity contribution in [3.63, 3.8) is 0 Å². The van der Waals surface area contributed by atoms with Gasteiger partial charge in [0.1, 0.15) is 5.75 Å². The van der Waals surface area contributed by atoms with Gasteiger partial charge in [-0.05, 0) is 42.5 Å². The van der Waals surface area contributed by atoms with E-state index in [1.165, 1.54) is 0 Å². The minimum atomic E-state index is -0.208. The molecule has 6 heteroatoms. The van der Waals surface area contributed by atoms with Gasteiger partial charge in [-0.3, -0.25) is 20.0 Å². The molecule has 1 aliphatic heterocycles. The van der Waals surface area contributed by atoms with E-state index in [-0.39, 0.29) is 5.56 Å². The molecule has 6 nitrogen and oxygen atoms in total. The maximum atomic E-state index is 12.1. The van der Waals surface area contributed by atoms with Crippen LogP contribution in [-0.4, -0.2) is 22.3 Å². The molecular weight excluding hydrogens is 304 g/mol. The second-order valence-corrected chi connectivity index (χ2v) is 5.33. The van der Waals surface area contributed by atoms with Gasteiger partial charge in [-0.2, -0.15) is 0 Å². The van der Waals surface area contributed by atoms with Crippen molar-refractivity contribution in [2.75, 3.05) is 7.11 Å². The van der Waals surface area contributed by atoms with Gasteiger partial charge in [0.05, 0.1) is 35.1 Å². The van der Waals surface area contributed by atoms with Crippen LogP contribution in [0, 0.1) is 0 Å². The van der Waals surface area contributed by atoms with E-state index in [0.717, 1.165) is 16.3 Å². The highest BCUT2D eigenvalue weighted by molar-refractivity contribution is 5.74. The van der Waals surface area contributed by atoms with Crippen molar-refractivity contribution >= 4 is 12.2 Å². The first-order chi connectivity index (χ1) is 11.7. The molecule has 0 saturated carbocycles. The summed E-state index contributed by atoms with van der Waals surface area (Å²) in [5, 5.41) is 7.31. The summed E-state index contributed by atoms with van der Waals surface area (Å²) in [4.78, 5) is 21.0. The lowest BCUT2D eigenvalue weighted by Crippen LogP contribution is -2.20. The Morgan fingerprint density at radius 1 is 1.17 bits per heavy atom. The van der Waals surface area contributed by atoms with Crippen LogP contribution < -0.4 is 20.9 Å². The van der Waals surface area contributed by atoms with Crippen LogP contribution in [0.15, 0.2) is 58.1 Å². The molecule has 0 bridgehead atoms. The molecule has 118 valence electrons. The summed E-state index contributed by atoms with van der Waals surface area (Å²) in [6.45, 7) is 0. The number of aromatic nitrogens is 3. The summed E-state index contributed by atoms with van der Waals surface area (Å²) in [6.07, 6.45) is 5.37. The smallest absolute Gasteiger partial charge is 0.271 e. The average Bonchev–Trinajstić information content (AvgIpc) is 3.18. The maximum absolute atomic E-state index is 12.1. The molecule has 0 fully saturated rings. The van der Waals surface area contributed by atoms with Crippen LogP contribution in [0.3, 0.4) is 0 Å². The largest absolute Gasteiger partial charge is 0.497 e. The van der Waals surface area contributed by atoms with Crippen LogP contribution in [-0.2, 0) is 0 Å². The van der Waals surface area contributed by atoms with Crippen molar-refractivity contribution in [2.45, 2.75) is 0 Å². The van der Waals surface area contributed by atoms with Crippen molar-refractivity contribution < 1.29 is 4.74 Å². The van der Waals surface area contributed by atoms with E-state index in [2.05, 4.69) is 20.2 Å². The van der Waals surface area contributed by atoms with Crippen LogP contribution in [0.1, 0.15) is 5.56 Å². The quantitative estimate of drug-likeness (QED) is 0.762. The fourth-order valence-corrected chi connectivity index (χ4v) is 2.65. The Morgan fingerprint density at radius 3 is 2.88 bits per heavy atom. The monoisotopic (exact) mass is 318 g/mol. The Kier molecular flexibility index (Phi) is 3.35. The Hall–Kier alpha value is -3.41. The lowest BCUT2D eigenvalue weighted by Gasteiger charge is -1.97. The van der Waals surface area contributed by atoms with Crippen LogP contribution in [0.4, 0.5) is 0 Å². The molecule has 0 saturated heterocycles. The predicted octanol–water partition coefficient (Wildman–Crippen LogP) is 1.23. The first-order valence-corrected chi connectivity index (χ1v) is 7.43. The summed E-state index contributed by atoms with van der Waals surface area (Å²) in [5.74, 6) is 0.773. The molecule has 0 amide bonds. The minimum Gasteiger partial charge on any atom is -0.497 e. The predicted molar refractivity (Wildman–Crippen MR) is 90.9 cm³/mol. The number of methoxy groups -OCH3 is 1. The summed E-state index contributed by atoms with van der Waals surface area (Å²) in [7, 11) is 1.63. The molecule has 0 radical (unpaired) electrons. The van der Waals surface area contributed by atoms with E-state index in [9.17, 15) is 4.79 Å². The third-order valence-corrected chi connectivity index (χ3v) is 3.82. The second kappa shape index (κ2) is 5.66. The number of H-pyrrole nitrogens is 2. The number of pyridine rings is 1. The number of allylic oxidation sites excluding steroid dienone is 1. The minimum absolute atomic E-state index is 0.208. The van der Waals surface area contributed by atoms with E-state index in [0.29, 0.717) is 22.6 Å². The summed E-state index contributed by atoms with van der Waals surface area (Å²) < 4.78 is 5.23. The summed E-state index contributed by atoms with van der Waals surface area (Å²) in [6, 6.07) is 11.2. The lowest BCUT2D eigenvalue weighted by molar-refractivity contribution is 0.414. The highest BCUT2D eigenvalue weighted by atomic mass is 16.5. The van der Waals surface area contributed by atoms with Gasteiger partial charge >= 0.3 is 0 Å². The molecule has 0 aliphatic carbocycles. The molecular formula is C18H14N4O2. The van der Waals surface area contributed by atoms with Crippen molar-refractivity contribution in [1.29, 1.82) is 0 Å². The third kappa shape index (κ3) is 2.44. The van der Waals surface area contributed by atoms with Gasteiger partial charge in [-0.1, -0.05) is 6.07 Å². The molecule has 3 heterocycles. The van der Waals surface area contributed by atoms with Gasteiger partial charge < -0.3 is 4.74 Å². The molecule has 3 aromatic rings. The number of hydrogen-bond acceptors (Lipinski definition) is 4. The van der Waals surface area contributed by atoms with Crippen LogP contribution >= 0.6 is 0 Å². The summed E-state index contributed by atoms with van der Waals surface area (Å²) in [5.41, 5.74) is 2.34. The topological polar surface area (TPSA) is 83.1 Å². The molecule has 0 unspecified atom stereocenters. The van der Waals surface area contributed by atoms with Gasteiger partial charge in [-0.25, -0.2) is 4.99 Å². The normalized spacial score (nSPS) is 14.1. The summed E-state index contributed by atoms with van der Waals surface area (Å²) >= 11 is 0. The van der Waals surface area contributed by atoms with Crippen LogP contribution in [0.25, 0.3) is 23.5 Å².